The first-order valence-electron chi connectivity index (χ1n) is 12.0. The Labute approximate surface area is 203 Å². The molecule has 0 spiro atoms. The molecule has 0 bridgehead atoms. The van der Waals surface area contributed by atoms with E-state index < -0.39 is 15.9 Å². The van der Waals surface area contributed by atoms with Crippen molar-refractivity contribution >= 4 is 22.3 Å². The molecule has 1 aromatic rings. The number of carbonyl (C=O) groups excluding carboxylic acids is 2. The van der Waals surface area contributed by atoms with E-state index in [9.17, 15) is 18.0 Å². The molecule has 0 aliphatic heterocycles. The molecule has 1 saturated carbocycles. The van der Waals surface area contributed by atoms with Gasteiger partial charge in [0.25, 0.3) is 0 Å². The number of nitrogens with zero attached hydrogens (tertiary/aromatic N) is 1. The van der Waals surface area contributed by atoms with E-state index in [1.54, 1.807) is 6.92 Å². The number of nitrogens with one attached hydrogen (secondary N) is 1. The lowest BCUT2D eigenvalue weighted by Gasteiger charge is -2.21. The zero-order chi connectivity index (χ0) is 24.8. The van der Waals surface area contributed by atoms with Gasteiger partial charge in [-0.3, -0.25) is 9.69 Å². The Morgan fingerprint density at radius 1 is 1.29 bits per heavy atom. The molecule has 1 fully saturated rings. The molecule has 1 N–H and O–H groups in total. The van der Waals surface area contributed by atoms with Crippen LogP contribution < -0.4 is 10.1 Å². The van der Waals surface area contributed by atoms with Gasteiger partial charge < -0.3 is 19.5 Å². The summed E-state index contributed by atoms with van der Waals surface area (Å²) in [5.41, 5.74) is 0.948. The first-order chi connectivity index (χ1) is 16.3. The molecule has 0 radical (unpaired) electrons. The van der Waals surface area contributed by atoms with Crippen LogP contribution in [0, 0.1) is 0 Å². The Hall–Kier alpha value is -2.33. The van der Waals surface area contributed by atoms with Gasteiger partial charge in [0, 0.05) is 19.7 Å². The highest BCUT2D eigenvalue weighted by atomic mass is 32.2. The van der Waals surface area contributed by atoms with Crippen LogP contribution in [0.1, 0.15) is 57.4 Å². The first kappa shape index (κ1) is 27.9. The van der Waals surface area contributed by atoms with Gasteiger partial charge in [0.1, 0.15) is 12.5 Å². The summed E-state index contributed by atoms with van der Waals surface area (Å²) in [4.78, 5) is 23.6. The molecule has 0 saturated heterocycles. The van der Waals surface area contributed by atoms with Crippen LogP contribution in [0.4, 0.5) is 4.79 Å². The SMILES string of the molecule is CCOC(=O)N(CCNC=O)COCCCS(=O)(=O)C[C@H](C)c1cccc(OC2CCCC2)c1. The summed E-state index contributed by atoms with van der Waals surface area (Å²) in [7, 11) is -3.28. The van der Waals surface area contributed by atoms with Crippen LogP contribution in [0.5, 0.6) is 5.75 Å². The van der Waals surface area contributed by atoms with Crippen molar-refractivity contribution in [1.29, 1.82) is 0 Å². The van der Waals surface area contributed by atoms with Gasteiger partial charge >= 0.3 is 6.09 Å². The monoisotopic (exact) mass is 498 g/mol. The number of amides is 2. The van der Waals surface area contributed by atoms with Gasteiger partial charge in [0.2, 0.25) is 6.41 Å². The molecule has 1 atom stereocenters. The van der Waals surface area contributed by atoms with E-state index in [2.05, 4.69) is 5.32 Å². The third-order valence-corrected chi connectivity index (χ3v) is 7.58. The van der Waals surface area contributed by atoms with Gasteiger partial charge in [0.15, 0.2) is 9.84 Å². The predicted molar refractivity (Wildman–Crippen MR) is 130 cm³/mol. The normalized spacial score (nSPS) is 15.0. The number of ether oxygens (including phenoxy) is 3. The second-order valence-corrected chi connectivity index (χ2v) is 10.8. The van der Waals surface area contributed by atoms with E-state index in [1.807, 2.05) is 31.2 Å². The van der Waals surface area contributed by atoms with Gasteiger partial charge in [-0.2, -0.15) is 0 Å². The van der Waals surface area contributed by atoms with Crippen LogP contribution in [-0.2, 0) is 24.1 Å². The van der Waals surface area contributed by atoms with Gasteiger partial charge in [-0.25, -0.2) is 13.2 Å². The maximum absolute atomic E-state index is 12.6. The van der Waals surface area contributed by atoms with Crippen LogP contribution in [0.2, 0.25) is 0 Å². The van der Waals surface area contributed by atoms with E-state index in [1.165, 1.54) is 17.7 Å². The molecule has 2 rings (SSSR count). The highest BCUT2D eigenvalue weighted by molar-refractivity contribution is 7.91. The van der Waals surface area contributed by atoms with Gasteiger partial charge in [0.05, 0.1) is 24.2 Å². The Kier molecular flexibility index (Phi) is 12.2. The molecule has 34 heavy (non-hydrogen) atoms. The van der Waals surface area contributed by atoms with E-state index >= 15 is 0 Å². The molecule has 1 aromatic carbocycles. The van der Waals surface area contributed by atoms with Crippen molar-refractivity contribution in [3.8, 4) is 5.75 Å². The highest BCUT2D eigenvalue weighted by Gasteiger charge is 2.20. The second-order valence-electron chi connectivity index (χ2n) is 8.54. The van der Waals surface area contributed by atoms with Gasteiger partial charge in [-0.1, -0.05) is 19.1 Å². The molecule has 1 aliphatic carbocycles. The van der Waals surface area contributed by atoms with Crippen LogP contribution in [0.25, 0.3) is 0 Å². The minimum absolute atomic E-state index is 0.00170. The van der Waals surface area contributed by atoms with Crippen LogP contribution in [0.3, 0.4) is 0 Å². The molecular formula is C24H38N2O7S. The molecule has 0 aromatic heterocycles. The number of carbonyl (C=O) groups is 2. The number of rotatable bonds is 16. The summed E-state index contributed by atoms with van der Waals surface area (Å²) in [6, 6.07) is 7.73. The van der Waals surface area contributed by atoms with E-state index in [0.29, 0.717) is 12.8 Å². The zero-order valence-corrected chi connectivity index (χ0v) is 21.1. The second kappa shape index (κ2) is 14.8. The number of hydrogen-bond acceptors (Lipinski definition) is 7. The van der Waals surface area contributed by atoms with Crippen LogP contribution in [-0.4, -0.2) is 76.5 Å². The lowest BCUT2D eigenvalue weighted by molar-refractivity contribution is -0.109. The van der Waals surface area contributed by atoms with Crippen molar-refractivity contribution in [1.82, 2.24) is 10.2 Å². The van der Waals surface area contributed by atoms with Crippen LogP contribution >= 0.6 is 0 Å². The smallest absolute Gasteiger partial charge is 0.411 e. The Balaban J connectivity index is 1.75. The van der Waals surface area contributed by atoms with Crippen molar-refractivity contribution < 1.29 is 32.2 Å². The summed E-state index contributed by atoms with van der Waals surface area (Å²) in [6.07, 6.45) is 5.12. The molecule has 0 heterocycles. The van der Waals surface area contributed by atoms with Crippen LogP contribution in [0.15, 0.2) is 24.3 Å². The fraction of sp³-hybridized carbons (Fsp3) is 0.667. The number of hydrogen-bond donors (Lipinski definition) is 1. The summed E-state index contributed by atoms with van der Waals surface area (Å²) >= 11 is 0. The fourth-order valence-corrected chi connectivity index (χ4v) is 5.57. The minimum atomic E-state index is -3.28. The predicted octanol–water partition coefficient (Wildman–Crippen LogP) is 3.10. The average Bonchev–Trinajstić information content (AvgIpc) is 3.30. The maximum Gasteiger partial charge on any atom is 0.411 e. The highest BCUT2D eigenvalue weighted by Crippen LogP contribution is 2.27. The lowest BCUT2D eigenvalue weighted by atomic mass is 10.0. The van der Waals surface area contributed by atoms with E-state index in [-0.39, 0.29) is 56.6 Å². The summed E-state index contributed by atoms with van der Waals surface area (Å²) in [5.74, 6) is 0.702. The van der Waals surface area contributed by atoms with Crippen molar-refractivity contribution in [3.05, 3.63) is 29.8 Å². The third kappa shape index (κ3) is 10.3. The topological polar surface area (TPSA) is 111 Å². The Morgan fingerprint density at radius 2 is 2.06 bits per heavy atom. The van der Waals surface area contributed by atoms with Crippen molar-refractivity contribution in [3.63, 3.8) is 0 Å². The van der Waals surface area contributed by atoms with E-state index in [4.69, 9.17) is 14.2 Å². The Bertz CT molecular complexity index is 857. The number of sulfone groups is 1. The quantitative estimate of drug-likeness (QED) is 0.212. The first-order valence-corrected chi connectivity index (χ1v) is 13.8. The van der Waals surface area contributed by atoms with Crippen molar-refractivity contribution in [2.24, 2.45) is 0 Å². The lowest BCUT2D eigenvalue weighted by Crippen LogP contribution is -2.38. The largest absolute Gasteiger partial charge is 0.490 e. The van der Waals surface area contributed by atoms with Gasteiger partial charge in [-0.05, 0) is 62.6 Å². The molecule has 192 valence electrons. The third-order valence-electron chi connectivity index (χ3n) is 5.66. The summed E-state index contributed by atoms with van der Waals surface area (Å²) < 4.78 is 41.8. The fourth-order valence-electron chi connectivity index (χ4n) is 3.89. The number of benzene rings is 1. The molecule has 1 aliphatic rings. The molecular weight excluding hydrogens is 460 g/mol. The van der Waals surface area contributed by atoms with Crippen molar-refractivity contribution in [2.45, 2.75) is 58.0 Å². The zero-order valence-electron chi connectivity index (χ0n) is 20.2. The average molecular weight is 499 g/mol. The standard InChI is InChI=1S/C24H38N2O7S/c1-3-32-24(28)26(13-12-25-18-27)19-31-14-7-15-34(29,30)17-20(2)21-8-6-11-23(16-21)33-22-9-4-5-10-22/h6,8,11,16,18,20,22H,3-5,7,9-10,12-15,17,19H2,1-2H3,(H,25,27)/t20-/m0/s1. The summed E-state index contributed by atoms with van der Waals surface area (Å²) in [6.45, 7) is 4.49. The molecule has 10 heteroatoms. The van der Waals surface area contributed by atoms with E-state index in [0.717, 1.165) is 24.2 Å². The summed E-state index contributed by atoms with van der Waals surface area (Å²) in [5, 5.41) is 2.48. The molecule has 9 nitrogen and oxygen atoms in total. The maximum atomic E-state index is 12.6. The minimum Gasteiger partial charge on any atom is -0.490 e. The van der Waals surface area contributed by atoms with Gasteiger partial charge in [-0.15, -0.1) is 0 Å². The molecule has 2 amide bonds. The van der Waals surface area contributed by atoms with Crippen molar-refractivity contribution in [2.75, 3.05) is 44.5 Å². The Morgan fingerprint density at radius 3 is 2.76 bits per heavy atom. The molecule has 0 unspecified atom stereocenters.